The Hall–Kier alpha value is -2.08. The number of ether oxygens (including phenoxy) is 1. The van der Waals surface area contributed by atoms with Crippen LogP contribution in [0.4, 0.5) is 10.1 Å². The lowest BCUT2D eigenvalue weighted by atomic mass is 10.1. The highest BCUT2D eigenvalue weighted by Crippen LogP contribution is 2.25. The highest BCUT2D eigenvalue weighted by atomic mass is 32.1. The molecular formula is C12H10FNO3S. The standard InChI is InChI=1S/C12H10FNO3S/c13-9-5-10(14)8(12(15)16)4-11(9)17-6-7-2-1-3-18-7/h1-5H,6,14H2,(H,15,16). The second-order valence-corrected chi connectivity index (χ2v) is 4.58. The van der Waals surface area contributed by atoms with Crippen LogP contribution in [0.2, 0.25) is 0 Å². The summed E-state index contributed by atoms with van der Waals surface area (Å²) in [6.45, 7) is 0.192. The van der Waals surface area contributed by atoms with Crippen molar-refractivity contribution in [2.75, 3.05) is 5.73 Å². The molecule has 0 unspecified atom stereocenters. The van der Waals surface area contributed by atoms with E-state index in [-0.39, 0.29) is 23.6 Å². The summed E-state index contributed by atoms with van der Waals surface area (Å²) in [5.74, 6) is -2.00. The zero-order chi connectivity index (χ0) is 13.1. The van der Waals surface area contributed by atoms with Crippen LogP contribution in [0.25, 0.3) is 0 Å². The van der Waals surface area contributed by atoms with Crippen LogP contribution in [-0.4, -0.2) is 11.1 Å². The lowest BCUT2D eigenvalue weighted by Gasteiger charge is -2.08. The van der Waals surface area contributed by atoms with Gasteiger partial charge in [0.05, 0.1) is 5.56 Å². The van der Waals surface area contributed by atoms with Gasteiger partial charge in [-0.15, -0.1) is 11.3 Å². The molecule has 0 spiro atoms. The predicted octanol–water partition coefficient (Wildman–Crippen LogP) is 2.75. The van der Waals surface area contributed by atoms with Gasteiger partial charge in [-0.3, -0.25) is 0 Å². The number of halogens is 1. The minimum Gasteiger partial charge on any atom is -0.485 e. The SMILES string of the molecule is Nc1cc(F)c(OCc2cccs2)cc1C(=O)O. The molecule has 94 valence electrons. The van der Waals surface area contributed by atoms with Crippen LogP contribution < -0.4 is 10.5 Å². The second-order valence-electron chi connectivity index (χ2n) is 3.54. The van der Waals surface area contributed by atoms with Crippen molar-refractivity contribution < 1.29 is 19.0 Å². The van der Waals surface area contributed by atoms with Gasteiger partial charge in [0.1, 0.15) is 6.61 Å². The van der Waals surface area contributed by atoms with Crippen LogP contribution in [0.3, 0.4) is 0 Å². The lowest BCUT2D eigenvalue weighted by molar-refractivity contribution is 0.0697. The van der Waals surface area contributed by atoms with Gasteiger partial charge in [-0.1, -0.05) is 6.07 Å². The number of carboxylic acids is 1. The third-order valence-electron chi connectivity index (χ3n) is 2.28. The fraction of sp³-hybridized carbons (Fsp3) is 0.0833. The molecule has 6 heteroatoms. The molecule has 0 aliphatic rings. The van der Waals surface area contributed by atoms with E-state index in [4.69, 9.17) is 15.6 Å². The van der Waals surface area contributed by atoms with Crippen LogP contribution in [0.15, 0.2) is 29.6 Å². The van der Waals surface area contributed by atoms with Crippen molar-refractivity contribution in [3.8, 4) is 5.75 Å². The predicted molar refractivity (Wildman–Crippen MR) is 66.4 cm³/mol. The molecule has 0 bridgehead atoms. The third kappa shape index (κ3) is 2.60. The Morgan fingerprint density at radius 2 is 2.28 bits per heavy atom. The Morgan fingerprint density at radius 1 is 1.50 bits per heavy atom. The number of carboxylic acid groups (broad SMARTS) is 1. The van der Waals surface area contributed by atoms with E-state index in [1.54, 1.807) is 0 Å². The number of carbonyl (C=O) groups is 1. The van der Waals surface area contributed by atoms with Crippen molar-refractivity contribution >= 4 is 23.0 Å². The lowest BCUT2D eigenvalue weighted by Crippen LogP contribution is -2.05. The van der Waals surface area contributed by atoms with Gasteiger partial charge in [0.25, 0.3) is 0 Å². The van der Waals surface area contributed by atoms with Crippen molar-refractivity contribution in [3.63, 3.8) is 0 Å². The Morgan fingerprint density at radius 3 is 2.89 bits per heavy atom. The first-order valence-corrected chi connectivity index (χ1v) is 5.93. The van der Waals surface area contributed by atoms with E-state index in [1.165, 1.54) is 11.3 Å². The van der Waals surface area contributed by atoms with Gasteiger partial charge in [0.15, 0.2) is 11.6 Å². The largest absolute Gasteiger partial charge is 0.485 e. The van der Waals surface area contributed by atoms with E-state index in [0.29, 0.717) is 0 Å². The van der Waals surface area contributed by atoms with Crippen LogP contribution in [-0.2, 0) is 6.61 Å². The molecule has 0 atom stereocenters. The summed E-state index contributed by atoms with van der Waals surface area (Å²) in [5.41, 5.74) is 5.12. The van der Waals surface area contributed by atoms with Crippen LogP contribution in [0.5, 0.6) is 5.75 Å². The van der Waals surface area contributed by atoms with Crippen molar-refractivity contribution in [3.05, 3.63) is 45.9 Å². The number of nitrogens with two attached hydrogens (primary N) is 1. The first kappa shape index (κ1) is 12.4. The molecule has 2 rings (SSSR count). The molecule has 0 aliphatic carbocycles. The van der Waals surface area contributed by atoms with Gasteiger partial charge >= 0.3 is 5.97 Å². The molecule has 0 fully saturated rings. The van der Waals surface area contributed by atoms with E-state index >= 15 is 0 Å². The smallest absolute Gasteiger partial charge is 0.337 e. The summed E-state index contributed by atoms with van der Waals surface area (Å²) in [5, 5.41) is 10.8. The third-order valence-corrected chi connectivity index (χ3v) is 3.13. The quantitative estimate of drug-likeness (QED) is 0.835. The topological polar surface area (TPSA) is 72.5 Å². The number of benzene rings is 1. The molecule has 3 N–H and O–H groups in total. The first-order valence-electron chi connectivity index (χ1n) is 5.05. The summed E-state index contributed by atoms with van der Waals surface area (Å²) in [7, 11) is 0. The Kier molecular flexibility index (Phi) is 3.47. The molecule has 0 amide bonds. The molecule has 1 aromatic carbocycles. The molecule has 18 heavy (non-hydrogen) atoms. The van der Waals surface area contributed by atoms with Crippen molar-refractivity contribution in [2.45, 2.75) is 6.61 Å². The van der Waals surface area contributed by atoms with Crippen molar-refractivity contribution in [1.29, 1.82) is 0 Å². The zero-order valence-corrected chi connectivity index (χ0v) is 10.0. The van der Waals surface area contributed by atoms with Crippen molar-refractivity contribution in [1.82, 2.24) is 0 Å². The summed E-state index contributed by atoms with van der Waals surface area (Å²) in [6.07, 6.45) is 0. The molecule has 2 aromatic rings. The monoisotopic (exact) mass is 267 g/mol. The number of anilines is 1. The van der Waals surface area contributed by atoms with Gasteiger partial charge < -0.3 is 15.6 Å². The molecule has 0 saturated heterocycles. The normalized spacial score (nSPS) is 10.3. The summed E-state index contributed by atoms with van der Waals surface area (Å²) >= 11 is 1.47. The van der Waals surface area contributed by atoms with E-state index in [0.717, 1.165) is 17.0 Å². The highest BCUT2D eigenvalue weighted by molar-refractivity contribution is 7.09. The molecule has 0 aliphatic heterocycles. The van der Waals surface area contributed by atoms with E-state index in [1.807, 2.05) is 17.5 Å². The number of hydrogen-bond acceptors (Lipinski definition) is 4. The van der Waals surface area contributed by atoms with Gasteiger partial charge in [0.2, 0.25) is 0 Å². The Balaban J connectivity index is 2.22. The summed E-state index contributed by atoms with van der Waals surface area (Å²) < 4.78 is 18.8. The first-order chi connectivity index (χ1) is 8.58. The van der Waals surface area contributed by atoms with Gasteiger partial charge in [0, 0.05) is 16.6 Å². The summed E-state index contributed by atoms with van der Waals surface area (Å²) in [4.78, 5) is 11.8. The minimum atomic E-state index is -1.21. The minimum absolute atomic E-state index is 0.116. The maximum Gasteiger partial charge on any atom is 0.337 e. The number of aromatic carboxylic acids is 1. The number of rotatable bonds is 4. The molecule has 0 radical (unpaired) electrons. The molecule has 4 nitrogen and oxygen atoms in total. The number of nitrogen functional groups attached to an aromatic ring is 1. The second kappa shape index (κ2) is 5.05. The van der Waals surface area contributed by atoms with Crippen molar-refractivity contribution in [2.24, 2.45) is 0 Å². The van der Waals surface area contributed by atoms with Gasteiger partial charge in [-0.25, -0.2) is 9.18 Å². The van der Waals surface area contributed by atoms with Gasteiger partial charge in [-0.2, -0.15) is 0 Å². The number of thiophene rings is 1. The zero-order valence-electron chi connectivity index (χ0n) is 9.22. The molecule has 1 heterocycles. The maximum atomic E-state index is 13.5. The van der Waals surface area contributed by atoms with E-state index in [9.17, 15) is 9.18 Å². The fourth-order valence-corrected chi connectivity index (χ4v) is 2.02. The highest BCUT2D eigenvalue weighted by Gasteiger charge is 2.14. The number of hydrogen-bond donors (Lipinski definition) is 2. The fourth-order valence-electron chi connectivity index (χ4n) is 1.41. The molecule has 0 saturated carbocycles. The Labute approximate surface area is 106 Å². The molecular weight excluding hydrogens is 257 g/mol. The average Bonchev–Trinajstić information content (AvgIpc) is 2.80. The van der Waals surface area contributed by atoms with Crippen LogP contribution in [0, 0.1) is 5.82 Å². The molecule has 1 aromatic heterocycles. The maximum absolute atomic E-state index is 13.5. The summed E-state index contributed by atoms with van der Waals surface area (Å²) in [6, 6.07) is 5.75. The van der Waals surface area contributed by atoms with Gasteiger partial charge in [-0.05, 0) is 17.5 Å². The Bertz CT molecular complexity index is 569. The van der Waals surface area contributed by atoms with E-state index in [2.05, 4.69) is 0 Å². The van der Waals surface area contributed by atoms with Crippen LogP contribution >= 0.6 is 11.3 Å². The average molecular weight is 267 g/mol. The van der Waals surface area contributed by atoms with Crippen LogP contribution in [0.1, 0.15) is 15.2 Å². The van der Waals surface area contributed by atoms with E-state index < -0.39 is 11.8 Å².